The maximum absolute atomic E-state index is 12.7. The highest BCUT2D eigenvalue weighted by Crippen LogP contribution is 2.13. The number of aliphatic carboxylic acids is 1. The number of carboxylic acids is 1. The number of rotatable bonds is 39. The minimum atomic E-state index is -1.62. The molecule has 0 bridgehead atoms. The number of likely N-dealkylation sites (N-methyl/N-ethyl adjacent to an activating group) is 1. The lowest BCUT2D eigenvalue weighted by Crippen LogP contribution is -2.44. The first-order valence-corrected chi connectivity index (χ1v) is 21.9. The van der Waals surface area contributed by atoms with Gasteiger partial charge < -0.3 is 33.3 Å². The van der Waals surface area contributed by atoms with Crippen LogP contribution in [-0.2, 0) is 33.3 Å². The van der Waals surface area contributed by atoms with Crippen molar-refractivity contribution in [3.8, 4) is 0 Å². The molecule has 0 aliphatic rings. The topological polar surface area (TPSA) is 111 Å². The van der Waals surface area contributed by atoms with E-state index < -0.39 is 24.3 Å². The summed E-state index contributed by atoms with van der Waals surface area (Å²) in [6.45, 7) is 4.52. The molecule has 0 aromatic heterocycles. The summed E-state index contributed by atoms with van der Waals surface area (Å²) in [7, 11) is 5.89. The first-order chi connectivity index (χ1) is 27.1. The van der Waals surface area contributed by atoms with Crippen LogP contribution >= 0.6 is 0 Å². The summed E-state index contributed by atoms with van der Waals surface area (Å²) in [6, 6.07) is 0. The third-order valence-electron chi connectivity index (χ3n) is 8.98. The minimum Gasteiger partial charge on any atom is -0.545 e. The molecule has 0 fully saturated rings. The van der Waals surface area contributed by atoms with Gasteiger partial charge in [0.15, 0.2) is 12.4 Å². The van der Waals surface area contributed by atoms with E-state index in [-0.39, 0.29) is 38.6 Å². The molecule has 9 heteroatoms. The molecule has 0 aliphatic heterocycles. The van der Waals surface area contributed by atoms with Crippen LogP contribution in [0.2, 0.25) is 0 Å². The number of unbranched alkanes of at least 4 members (excludes halogenated alkanes) is 14. The number of ether oxygens (including phenoxy) is 4. The number of carbonyl (C=O) groups is 3. The smallest absolute Gasteiger partial charge is 0.306 e. The van der Waals surface area contributed by atoms with Crippen molar-refractivity contribution in [3.63, 3.8) is 0 Å². The van der Waals surface area contributed by atoms with Crippen LogP contribution in [0, 0.1) is 0 Å². The summed E-state index contributed by atoms with van der Waals surface area (Å²) in [6.07, 6.45) is 42.6. The normalized spacial score (nSPS) is 13.5. The highest BCUT2D eigenvalue weighted by molar-refractivity contribution is 5.70. The quantitative estimate of drug-likeness (QED) is 0.0199. The standard InChI is InChI=1S/C47H81NO8/c1-6-8-10-12-14-16-18-19-20-21-22-23-24-25-26-27-28-30-32-34-36-38-45(50)56-43(42-55-47(46(51)52)53-40-39-48(3,4)5)41-54-44(49)37-35-33-31-29-17-15-13-11-9-7-2/h8,10-11,13-14,16,19-20,22-23,43,47H,6-7,9,12,15,17-18,21,24-42H2,1-5H3/b10-8-,13-11-,16-14-,20-19-,23-22-. The molecular formula is C47H81NO8. The second kappa shape index (κ2) is 38.8. The number of allylic oxidation sites excluding steroid dienone is 10. The molecule has 0 aromatic carbocycles. The molecule has 9 nitrogen and oxygen atoms in total. The predicted octanol–water partition coefficient (Wildman–Crippen LogP) is 10.0. The number of carbonyl (C=O) groups excluding carboxylic acids is 3. The largest absolute Gasteiger partial charge is 0.545 e. The molecule has 0 saturated heterocycles. The van der Waals surface area contributed by atoms with Gasteiger partial charge in [0.2, 0.25) is 0 Å². The average Bonchev–Trinajstić information content (AvgIpc) is 3.15. The molecule has 0 heterocycles. The van der Waals surface area contributed by atoms with E-state index in [1.807, 2.05) is 21.1 Å². The summed E-state index contributed by atoms with van der Waals surface area (Å²) in [5.74, 6) is -2.32. The Kier molecular flexibility index (Phi) is 36.8. The lowest BCUT2D eigenvalue weighted by atomic mass is 10.1. The van der Waals surface area contributed by atoms with Crippen LogP contribution in [0.15, 0.2) is 60.8 Å². The van der Waals surface area contributed by atoms with Crippen molar-refractivity contribution in [2.24, 2.45) is 0 Å². The zero-order valence-electron chi connectivity index (χ0n) is 36.2. The number of esters is 2. The predicted molar refractivity (Wildman–Crippen MR) is 228 cm³/mol. The third kappa shape index (κ3) is 39.2. The van der Waals surface area contributed by atoms with Crippen molar-refractivity contribution < 1.29 is 42.9 Å². The van der Waals surface area contributed by atoms with Gasteiger partial charge in [0, 0.05) is 12.8 Å². The van der Waals surface area contributed by atoms with Crippen molar-refractivity contribution in [2.75, 3.05) is 47.5 Å². The monoisotopic (exact) mass is 788 g/mol. The van der Waals surface area contributed by atoms with Crippen molar-refractivity contribution in [1.82, 2.24) is 0 Å². The van der Waals surface area contributed by atoms with Crippen LogP contribution in [-0.4, -0.2) is 82.3 Å². The molecule has 0 rings (SSSR count). The molecular weight excluding hydrogens is 707 g/mol. The molecule has 0 aliphatic carbocycles. The van der Waals surface area contributed by atoms with Gasteiger partial charge in [-0.15, -0.1) is 0 Å². The van der Waals surface area contributed by atoms with E-state index in [1.165, 1.54) is 32.1 Å². The molecule has 0 radical (unpaired) electrons. The molecule has 0 spiro atoms. The van der Waals surface area contributed by atoms with E-state index in [9.17, 15) is 19.5 Å². The van der Waals surface area contributed by atoms with E-state index in [4.69, 9.17) is 18.9 Å². The van der Waals surface area contributed by atoms with Crippen molar-refractivity contribution in [1.29, 1.82) is 0 Å². The minimum absolute atomic E-state index is 0.142. The maximum atomic E-state index is 12.7. The lowest BCUT2D eigenvalue weighted by molar-refractivity contribution is -0.870. The Bertz CT molecular complexity index is 1100. The number of hydrogen-bond acceptors (Lipinski definition) is 8. The number of carboxylic acid groups (broad SMARTS) is 1. The Balaban J connectivity index is 4.41. The highest BCUT2D eigenvalue weighted by Gasteiger charge is 2.21. The molecule has 2 atom stereocenters. The highest BCUT2D eigenvalue weighted by atomic mass is 16.7. The van der Waals surface area contributed by atoms with Crippen LogP contribution in [0.1, 0.15) is 162 Å². The van der Waals surface area contributed by atoms with Gasteiger partial charge in [0.25, 0.3) is 0 Å². The molecule has 56 heavy (non-hydrogen) atoms. The Hall–Kier alpha value is -3.01. The van der Waals surface area contributed by atoms with Crippen LogP contribution in [0.3, 0.4) is 0 Å². The third-order valence-corrected chi connectivity index (χ3v) is 8.98. The van der Waals surface area contributed by atoms with Crippen molar-refractivity contribution in [2.45, 2.75) is 174 Å². The Morgan fingerprint density at radius 1 is 0.554 bits per heavy atom. The van der Waals surface area contributed by atoms with E-state index in [2.05, 4.69) is 74.6 Å². The molecule has 0 amide bonds. The van der Waals surface area contributed by atoms with Gasteiger partial charge in [-0.1, -0.05) is 139 Å². The first kappa shape index (κ1) is 53.0. The zero-order chi connectivity index (χ0) is 41.4. The Labute approximate surface area is 342 Å². The summed E-state index contributed by atoms with van der Waals surface area (Å²) >= 11 is 0. The van der Waals surface area contributed by atoms with Crippen molar-refractivity contribution in [3.05, 3.63) is 60.8 Å². The van der Waals surface area contributed by atoms with Crippen LogP contribution in [0.5, 0.6) is 0 Å². The SMILES string of the molecule is CC/C=C\C/C=C\C/C=C\C/C=C\CCCCCCCCCCC(=O)OC(COC(=O)CCCCCCC/C=C\CCC)COC(OCC[N+](C)(C)C)C(=O)[O-]. The van der Waals surface area contributed by atoms with Gasteiger partial charge >= 0.3 is 11.9 Å². The first-order valence-electron chi connectivity index (χ1n) is 21.9. The van der Waals surface area contributed by atoms with Crippen LogP contribution in [0.4, 0.5) is 0 Å². The summed E-state index contributed by atoms with van der Waals surface area (Å²) in [5.41, 5.74) is 0. The van der Waals surface area contributed by atoms with E-state index in [0.29, 0.717) is 17.4 Å². The van der Waals surface area contributed by atoms with Gasteiger partial charge in [-0.25, -0.2) is 0 Å². The Morgan fingerprint density at radius 3 is 1.54 bits per heavy atom. The van der Waals surface area contributed by atoms with Gasteiger partial charge in [-0.2, -0.15) is 0 Å². The maximum Gasteiger partial charge on any atom is 0.306 e. The number of nitrogens with zero attached hydrogens (tertiary/aromatic N) is 1. The summed E-state index contributed by atoms with van der Waals surface area (Å²) in [4.78, 5) is 36.9. The van der Waals surface area contributed by atoms with Crippen molar-refractivity contribution >= 4 is 17.9 Å². The molecule has 322 valence electrons. The van der Waals surface area contributed by atoms with Gasteiger partial charge in [0.1, 0.15) is 13.2 Å². The van der Waals surface area contributed by atoms with Gasteiger partial charge in [-0.05, 0) is 70.6 Å². The van der Waals surface area contributed by atoms with Crippen LogP contribution < -0.4 is 5.11 Å². The fraction of sp³-hybridized carbons (Fsp3) is 0.723. The van der Waals surface area contributed by atoms with E-state index in [0.717, 1.165) is 96.3 Å². The van der Waals surface area contributed by atoms with Gasteiger partial charge in [-0.3, -0.25) is 9.59 Å². The fourth-order valence-corrected chi connectivity index (χ4v) is 5.59. The Morgan fingerprint density at radius 2 is 1.02 bits per heavy atom. The second-order valence-corrected chi connectivity index (χ2v) is 15.6. The summed E-state index contributed by atoms with van der Waals surface area (Å²) in [5, 5.41) is 11.7. The summed E-state index contributed by atoms with van der Waals surface area (Å²) < 4.78 is 22.5. The average molecular weight is 788 g/mol. The molecule has 0 N–H and O–H groups in total. The molecule has 0 saturated carbocycles. The fourth-order valence-electron chi connectivity index (χ4n) is 5.59. The van der Waals surface area contributed by atoms with E-state index >= 15 is 0 Å². The zero-order valence-corrected chi connectivity index (χ0v) is 36.2. The van der Waals surface area contributed by atoms with Gasteiger partial charge in [0.05, 0.1) is 40.3 Å². The number of hydrogen-bond donors (Lipinski definition) is 0. The lowest BCUT2D eigenvalue weighted by Gasteiger charge is -2.26. The van der Waals surface area contributed by atoms with Crippen LogP contribution in [0.25, 0.3) is 0 Å². The van der Waals surface area contributed by atoms with E-state index in [1.54, 1.807) is 0 Å². The molecule has 0 aromatic rings. The number of quaternary nitrogens is 1. The second-order valence-electron chi connectivity index (χ2n) is 15.6. The molecule has 2 unspecified atom stereocenters.